The molecular weight excluding hydrogens is 250 g/mol. The minimum absolute atomic E-state index is 0.0679. The Hall–Kier alpha value is -2.64. The lowest BCUT2D eigenvalue weighted by molar-refractivity contribution is -0.384. The van der Waals surface area contributed by atoms with Crippen molar-refractivity contribution in [1.29, 1.82) is 0 Å². The number of aromatic nitrogens is 3. The number of nitro groups is 1. The molecule has 0 saturated heterocycles. The van der Waals surface area contributed by atoms with Crippen LogP contribution in [0.5, 0.6) is 0 Å². The van der Waals surface area contributed by atoms with Crippen LogP contribution in [-0.2, 0) is 0 Å². The van der Waals surface area contributed by atoms with Gasteiger partial charge in [0.1, 0.15) is 11.5 Å². The topological polar surface area (TPSA) is 106 Å². The lowest BCUT2D eigenvalue weighted by Gasteiger charge is -2.06. The van der Waals surface area contributed by atoms with Gasteiger partial charge < -0.3 is 9.88 Å². The van der Waals surface area contributed by atoms with Gasteiger partial charge in [0.25, 0.3) is 11.6 Å². The molecule has 0 spiro atoms. The first kappa shape index (κ1) is 11.5. The molecule has 1 amide bonds. The van der Waals surface area contributed by atoms with Crippen molar-refractivity contribution in [3.8, 4) is 0 Å². The predicted octanol–water partition coefficient (Wildman–Crippen LogP) is 1.71. The second-order valence-electron chi connectivity index (χ2n) is 4.40. The van der Waals surface area contributed by atoms with Gasteiger partial charge in [-0.2, -0.15) is 5.10 Å². The molecule has 2 heterocycles. The van der Waals surface area contributed by atoms with E-state index < -0.39 is 4.92 Å². The molecule has 0 radical (unpaired) electrons. The maximum absolute atomic E-state index is 12.1. The summed E-state index contributed by atoms with van der Waals surface area (Å²) in [5.41, 5.74) is 0.227. The molecule has 0 unspecified atom stereocenters. The van der Waals surface area contributed by atoms with Crippen LogP contribution in [0.1, 0.15) is 29.4 Å². The van der Waals surface area contributed by atoms with Gasteiger partial charge in [-0.25, -0.2) is 0 Å². The summed E-state index contributed by atoms with van der Waals surface area (Å²) in [7, 11) is 0. The average molecular weight is 261 g/mol. The summed E-state index contributed by atoms with van der Waals surface area (Å²) in [6, 6.07) is 3.09. The van der Waals surface area contributed by atoms with E-state index in [0.29, 0.717) is 11.5 Å². The molecule has 0 aliphatic heterocycles. The fraction of sp³-hybridized carbons (Fsp3) is 0.273. The lowest BCUT2D eigenvalue weighted by Crippen LogP contribution is -2.16. The number of rotatable bonds is 4. The fourth-order valence-corrected chi connectivity index (χ4v) is 1.91. The summed E-state index contributed by atoms with van der Waals surface area (Å²) < 4.78 is 1.67. The summed E-state index contributed by atoms with van der Waals surface area (Å²) >= 11 is 0. The van der Waals surface area contributed by atoms with Crippen molar-refractivity contribution in [3.05, 3.63) is 40.3 Å². The number of aromatic amines is 1. The van der Waals surface area contributed by atoms with E-state index in [0.717, 1.165) is 12.8 Å². The molecule has 0 atom stereocenters. The monoisotopic (exact) mass is 261 g/mol. The number of hydrogen-bond donors (Lipinski definition) is 2. The highest BCUT2D eigenvalue weighted by molar-refractivity contribution is 6.03. The maximum atomic E-state index is 12.1. The third-order valence-electron chi connectivity index (χ3n) is 2.97. The van der Waals surface area contributed by atoms with Crippen molar-refractivity contribution >= 4 is 17.4 Å². The molecule has 1 aliphatic carbocycles. The van der Waals surface area contributed by atoms with Crippen LogP contribution in [0, 0.1) is 10.1 Å². The number of amides is 1. The van der Waals surface area contributed by atoms with Crippen LogP contribution in [0.15, 0.2) is 24.5 Å². The first-order valence-corrected chi connectivity index (χ1v) is 5.82. The van der Waals surface area contributed by atoms with Crippen LogP contribution in [0.2, 0.25) is 0 Å². The SMILES string of the molecule is O=C(Nc1ccn[nH]1)c1cc([N+](=O)[O-])cn1C1CC1. The van der Waals surface area contributed by atoms with Gasteiger partial charge in [0, 0.05) is 18.2 Å². The molecule has 0 bridgehead atoms. The zero-order chi connectivity index (χ0) is 13.4. The summed E-state index contributed by atoms with van der Waals surface area (Å²) in [4.78, 5) is 22.4. The second-order valence-corrected chi connectivity index (χ2v) is 4.40. The van der Waals surface area contributed by atoms with Crippen LogP contribution in [0.25, 0.3) is 0 Å². The lowest BCUT2D eigenvalue weighted by atomic mass is 10.3. The van der Waals surface area contributed by atoms with E-state index in [1.807, 2.05) is 0 Å². The van der Waals surface area contributed by atoms with Crippen LogP contribution in [0.4, 0.5) is 11.5 Å². The van der Waals surface area contributed by atoms with E-state index in [4.69, 9.17) is 0 Å². The van der Waals surface area contributed by atoms with Crippen molar-refractivity contribution in [2.75, 3.05) is 5.32 Å². The molecule has 8 heteroatoms. The molecule has 98 valence electrons. The molecule has 2 aromatic heterocycles. The molecule has 2 N–H and O–H groups in total. The van der Waals surface area contributed by atoms with Crippen molar-refractivity contribution < 1.29 is 9.72 Å². The van der Waals surface area contributed by atoms with Gasteiger partial charge in [-0.3, -0.25) is 20.0 Å². The van der Waals surface area contributed by atoms with E-state index >= 15 is 0 Å². The van der Waals surface area contributed by atoms with E-state index in [9.17, 15) is 14.9 Å². The molecule has 8 nitrogen and oxygen atoms in total. The highest BCUT2D eigenvalue weighted by Gasteiger charge is 2.30. The third-order valence-corrected chi connectivity index (χ3v) is 2.97. The first-order valence-electron chi connectivity index (χ1n) is 5.82. The number of nitrogens with zero attached hydrogens (tertiary/aromatic N) is 3. The molecule has 19 heavy (non-hydrogen) atoms. The van der Waals surface area contributed by atoms with Crippen LogP contribution in [-0.4, -0.2) is 25.6 Å². The quantitative estimate of drug-likeness (QED) is 0.645. The fourth-order valence-electron chi connectivity index (χ4n) is 1.91. The number of carbonyl (C=O) groups is 1. The minimum atomic E-state index is -0.494. The standard InChI is InChI=1S/C11H11N5O3/c17-11(13-10-3-4-12-14-10)9-5-8(16(18)19)6-15(9)7-1-2-7/h3-7H,1-2H2,(H2,12,13,14,17). The number of anilines is 1. The van der Waals surface area contributed by atoms with Crippen LogP contribution < -0.4 is 5.32 Å². The van der Waals surface area contributed by atoms with Crippen LogP contribution in [0.3, 0.4) is 0 Å². The van der Waals surface area contributed by atoms with Gasteiger partial charge in [-0.1, -0.05) is 0 Å². The first-order chi connectivity index (χ1) is 9.15. The Kier molecular flexibility index (Phi) is 2.55. The molecule has 3 rings (SSSR count). The van der Waals surface area contributed by atoms with Gasteiger partial charge >= 0.3 is 0 Å². The largest absolute Gasteiger partial charge is 0.334 e. The minimum Gasteiger partial charge on any atom is -0.334 e. The summed E-state index contributed by atoms with van der Waals surface area (Å²) in [5, 5.41) is 19.7. The summed E-state index contributed by atoms with van der Waals surface area (Å²) in [6.45, 7) is 0. The van der Waals surface area contributed by atoms with E-state index in [1.54, 1.807) is 10.6 Å². The van der Waals surface area contributed by atoms with Crippen molar-refractivity contribution in [2.24, 2.45) is 0 Å². The highest BCUT2D eigenvalue weighted by atomic mass is 16.6. The predicted molar refractivity (Wildman–Crippen MR) is 65.9 cm³/mol. The Morgan fingerprint density at radius 2 is 2.37 bits per heavy atom. The smallest absolute Gasteiger partial charge is 0.287 e. The normalized spacial score (nSPS) is 14.3. The van der Waals surface area contributed by atoms with Crippen molar-refractivity contribution in [2.45, 2.75) is 18.9 Å². The third kappa shape index (κ3) is 2.19. The van der Waals surface area contributed by atoms with Crippen LogP contribution >= 0.6 is 0 Å². The number of H-pyrrole nitrogens is 1. The van der Waals surface area contributed by atoms with E-state index in [2.05, 4.69) is 15.5 Å². The van der Waals surface area contributed by atoms with Gasteiger partial charge in [0.2, 0.25) is 0 Å². The number of hydrogen-bond acceptors (Lipinski definition) is 4. The van der Waals surface area contributed by atoms with Gasteiger partial charge in [0.05, 0.1) is 17.3 Å². The Morgan fingerprint density at radius 3 is 2.95 bits per heavy atom. The Balaban J connectivity index is 1.90. The maximum Gasteiger partial charge on any atom is 0.287 e. The Labute approximate surface area is 107 Å². The van der Waals surface area contributed by atoms with Crippen molar-refractivity contribution in [3.63, 3.8) is 0 Å². The molecular formula is C11H11N5O3. The number of carbonyl (C=O) groups excluding carboxylic acids is 1. The average Bonchev–Trinajstić information content (AvgIpc) is 2.92. The Morgan fingerprint density at radius 1 is 1.58 bits per heavy atom. The molecule has 1 saturated carbocycles. The summed E-state index contributed by atoms with van der Waals surface area (Å²) in [6.07, 6.45) is 4.81. The van der Waals surface area contributed by atoms with Crippen molar-refractivity contribution in [1.82, 2.24) is 14.8 Å². The van der Waals surface area contributed by atoms with E-state index in [-0.39, 0.29) is 17.6 Å². The molecule has 1 fully saturated rings. The number of nitrogens with one attached hydrogen (secondary N) is 2. The highest BCUT2D eigenvalue weighted by Crippen LogP contribution is 2.38. The zero-order valence-corrected chi connectivity index (χ0v) is 9.87. The molecule has 2 aromatic rings. The van der Waals surface area contributed by atoms with Gasteiger partial charge in [-0.15, -0.1) is 0 Å². The Bertz CT molecular complexity index is 627. The van der Waals surface area contributed by atoms with Gasteiger partial charge in [0.15, 0.2) is 0 Å². The molecule has 0 aromatic carbocycles. The second kappa shape index (κ2) is 4.23. The summed E-state index contributed by atoms with van der Waals surface area (Å²) in [5.74, 6) is 0.0699. The molecule has 1 aliphatic rings. The zero-order valence-electron chi connectivity index (χ0n) is 9.87. The van der Waals surface area contributed by atoms with E-state index in [1.165, 1.54) is 18.5 Å². The van der Waals surface area contributed by atoms with Gasteiger partial charge in [-0.05, 0) is 12.8 Å².